The molecule has 59 heavy (non-hydrogen) atoms. The molecule has 5 nitrogen and oxygen atoms in total. The van der Waals surface area contributed by atoms with E-state index in [9.17, 15) is 0 Å². The fourth-order valence-corrected chi connectivity index (χ4v) is 8.77. The Bertz CT molecular complexity index is 3290. The van der Waals surface area contributed by atoms with Crippen LogP contribution in [0.15, 0.2) is 200 Å². The van der Waals surface area contributed by atoms with Crippen molar-refractivity contribution in [3.05, 3.63) is 200 Å². The van der Waals surface area contributed by atoms with E-state index in [-0.39, 0.29) is 0 Å². The van der Waals surface area contributed by atoms with Crippen molar-refractivity contribution in [3.8, 4) is 78.8 Å². The lowest BCUT2D eigenvalue weighted by atomic mass is 10.0. The van der Waals surface area contributed by atoms with Crippen molar-refractivity contribution in [2.45, 2.75) is 0 Å². The number of hydrogen-bond donors (Lipinski definition) is 0. The Kier molecular flexibility index (Phi) is 8.60. The van der Waals surface area contributed by atoms with Crippen LogP contribution in [-0.4, -0.2) is 24.9 Å². The van der Waals surface area contributed by atoms with Gasteiger partial charge in [-0.3, -0.25) is 0 Å². The van der Waals surface area contributed by atoms with Crippen LogP contribution in [0.25, 0.3) is 110 Å². The van der Waals surface area contributed by atoms with Gasteiger partial charge < -0.3 is 0 Å². The SMILES string of the molecule is c1ccc(-c2ccc(-c3cc(-c4ccc(-c5cnc6sc7c(-c8ccccc8)nc(-c8ccc9ccccc9c8)nc7c6c5)cc4)nc(-c4ccccc4)n3)cc2)cc1. The van der Waals surface area contributed by atoms with E-state index in [1.807, 2.05) is 36.5 Å². The number of thiophene rings is 1. The minimum Gasteiger partial charge on any atom is -0.245 e. The summed E-state index contributed by atoms with van der Waals surface area (Å²) in [4.78, 5) is 26.5. The van der Waals surface area contributed by atoms with Crippen LogP contribution in [0.1, 0.15) is 0 Å². The molecule has 0 unspecified atom stereocenters. The lowest BCUT2D eigenvalue weighted by Crippen LogP contribution is -1.96. The van der Waals surface area contributed by atoms with E-state index in [1.165, 1.54) is 16.5 Å². The zero-order valence-corrected chi connectivity index (χ0v) is 32.5. The summed E-state index contributed by atoms with van der Waals surface area (Å²) in [6.45, 7) is 0. The van der Waals surface area contributed by atoms with E-state index in [4.69, 9.17) is 24.9 Å². The molecule has 0 bridgehead atoms. The average Bonchev–Trinajstić information content (AvgIpc) is 3.70. The zero-order valence-electron chi connectivity index (χ0n) is 31.7. The summed E-state index contributed by atoms with van der Waals surface area (Å²) in [5.74, 6) is 1.39. The molecule has 11 rings (SSSR count). The molecular formula is C53H33N5S. The Balaban J connectivity index is 0.983. The standard InChI is InChI=1S/C53H33N5S/c1-4-12-34(13-5-1)36-20-25-38(26-21-36)46-32-47(56-51(55-46)41-17-8-3-9-18-41)39-27-22-37(23-28-39)44-31-45-49-50(59-53(45)54-33-44)48(40-15-6-2-7-16-40)57-52(58-49)43-29-24-35-14-10-11-19-42(35)30-43/h1-33H. The molecule has 4 aromatic heterocycles. The molecular weight excluding hydrogens is 739 g/mol. The van der Waals surface area contributed by atoms with Crippen LogP contribution in [0, 0.1) is 0 Å². The molecule has 0 fully saturated rings. The first-order valence-corrected chi connectivity index (χ1v) is 20.4. The predicted molar refractivity (Wildman–Crippen MR) is 244 cm³/mol. The number of hydrogen-bond acceptors (Lipinski definition) is 6. The third kappa shape index (κ3) is 6.61. The molecule has 0 N–H and O–H groups in total. The fraction of sp³-hybridized carbons (Fsp3) is 0. The van der Waals surface area contributed by atoms with Gasteiger partial charge >= 0.3 is 0 Å². The van der Waals surface area contributed by atoms with Crippen LogP contribution in [0.4, 0.5) is 0 Å². The number of fused-ring (bicyclic) bond motifs is 4. The number of nitrogens with zero attached hydrogens (tertiary/aromatic N) is 5. The van der Waals surface area contributed by atoms with Crippen LogP contribution >= 0.6 is 11.3 Å². The van der Waals surface area contributed by atoms with Crippen molar-refractivity contribution in [2.24, 2.45) is 0 Å². The largest absolute Gasteiger partial charge is 0.245 e. The number of benzene rings is 7. The molecule has 0 aliphatic heterocycles. The molecule has 0 spiro atoms. The van der Waals surface area contributed by atoms with Gasteiger partial charge in [-0.2, -0.15) is 0 Å². The lowest BCUT2D eigenvalue weighted by Gasteiger charge is -2.11. The minimum absolute atomic E-state index is 0.688. The van der Waals surface area contributed by atoms with Gasteiger partial charge in [0.05, 0.1) is 27.3 Å². The van der Waals surface area contributed by atoms with Crippen molar-refractivity contribution in [3.63, 3.8) is 0 Å². The zero-order chi connectivity index (χ0) is 39.1. The third-order valence-electron chi connectivity index (χ3n) is 10.8. The number of rotatable bonds is 7. The van der Waals surface area contributed by atoms with Gasteiger partial charge in [0.2, 0.25) is 0 Å². The van der Waals surface area contributed by atoms with Crippen molar-refractivity contribution < 1.29 is 0 Å². The Morgan fingerprint density at radius 2 is 0.847 bits per heavy atom. The van der Waals surface area contributed by atoms with Crippen LogP contribution in [0.3, 0.4) is 0 Å². The molecule has 276 valence electrons. The Labute approximate surface area is 345 Å². The summed E-state index contributed by atoms with van der Waals surface area (Å²) in [6, 6.07) is 67.3. The highest BCUT2D eigenvalue weighted by Crippen LogP contribution is 2.40. The molecule has 0 saturated carbocycles. The van der Waals surface area contributed by atoms with Crippen LogP contribution < -0.4 is 0 Å². The Morgan fingerprint density at radius 3 is 1.51 bits per heavy atom. The van der Waals surface area contributed by atoms with E-state index in [1.54, 1.807) is 11.3 Å². The summed E-state index contributed by atoms with van der Waals surface area (Å²) in [7, 11) is 0. The summed E-state index contributed by atoms with van der Waals surface area (Å²) >= 11 is 1.64. The van der Waals surface area contributed by atoms with Gasteiger partial charge in [0.1, 0.15) is 4.83 Å². The van der Waals surface area contributed by atoms with Crippen molar-refractivity contribution in [2.75, 3.05) is 0 Å². The van der Waals surface area contributed by atoms with Crippen molar-refractivity contribution in [1.29, 1.82) is 0 Å². The number of pyridine rings is 1. The smallest absolute Gasteiger partial charge is 0.160 e. The van der Waals surface area contributed by atoms with Gasteiger partial charge in [0.15, 0.2) is 11.6 Å². The summed E-state index contributed by atoms with van der Waals surface area (Å²) in [5, 5.41) is 3.36. The molecule has 7 aromatic carbocycles. The van der Waals surface area contributed by atoms with Gasteiger partial charge in [0, 0.05) is 45.0 Å². The normalized spacial score (nSPS) is 11.4. The summed E-state index contributed by atoms with van der Waals surface area (Å²) in [6.07, 6.45) is 1.96. The van der Waals surface area contributed by atoms with E-state index in [0.29, 0.717) is 11.6 Å². The van der Waals surface area contributed by atoms with E-state index in [0.717, 1.165) is 81.8 Å². The highest BCUT2D eigenvalue weighted by Gasteiger charge is 2.19. The fourth-order valence-electron chi connectivity index (χ4n) is 7.69. The maximum atomic E-state index is 5.25. The maximum absolute atomic E-state index is 5.25. The van der Waals surface area contributed by atoms with E-state index in [2.05, 4.69) is 164 Å². The monoisotopic (exact) mass is 771 g/mol. The average molecular weight is 772 g/mol. The summed E-state index contributed by atoms with van der Waals surface area (Å²) in [5.41, 5.74) is 13.0. The second-order valence-corrected chi connectivity index (χ2v) is 15.5. The van der Waals surface area contributed by atoms with Crippen molar-refractivity contribution in [1.82, 2.24) is 24.9 Å². The van der Waals surface area contributed by atoms with Crippen LogP contribution in [0.5, 0.6) is 0 Å². The molecule has 0 radical (unpaired) electrons. The molecule has 4 heterocycles. The summed E-state index contributed by atoms with van der Waals surface area (Å²) < 4.78 is 1.03. The van der Waals surface area contributed by atoms with Gasteiger partial charge in [-0.15, -0.1) is 11.3 Å². The Morgan fingerprint density at radius 1 is 0.339 bits per heavy atom. The second kappa shape index (κ2) is 14.7. The number of aromatic nitrogens is 5. The first-order chi connectivity index (χ1) is 29.2. The molecule has 11 aromatic rings. The van der Waals surface area contributed by atoms with Gasteiger partial charge in [-0.25, -0.2) is 24.9 Å². The lowest BCUT2D eigenvalue weighted by molar-refractivity contribution is 1.18. The van der Waals surface area contributed by atoms with Crippen LogP contribution in [0.2, 0.25) is 0 Å². The highest BCUT2D eigenvalue weighted by molar-refractivity contribution is 7.25. The first kappa shape index (κ1) is 34.6. The molecule has 0 saturated heterocycles. The molecule has 6 heteroatoms. The second-order valence-electron chi connectivity index (χ2n) is 14.5. The third-order valence-corrected chi connectivity index (χ3v) is 11.9. The van der Waals surface area contributed by atoms with E-state index >= 15 is 0 Å². The van der Waals surface area contributed by atoms with Crippen LogP contribution in [-0.2, 0) is 0 Å². The minimum atomic E-state index is 0.688. The van der Waals surface area contributed by atoms with Crippen molar-refractivity contribution >= 4 is 42.5 Å². The highest BCUT2D eigenvalue weighted by atomic mass is 32.1. The first-order valence-electron chi connectivity index (χ1n) is 19.6. The topological polar surface area (TPSA) is 64.5 Å². The quantitative estimate of drug-likeness (QED) is 0.161. The predicted octanol–water partition coefficient (Wildman–Crippen LogP) is 13.9. The molecule has 0 aliphatic rings. The van der Waals surface area contributed by atoms with Gasteiger partial charge in [-0.05, 0) is 45.7 Å². The Hall–Kier alpha value is -7.67. The van der Waals surface area contributed by atoms with Gasteiger partial charge in [0.25, 0.3) is 0 Å². The van der Waals surface area contributed by atoms with E-state index < -0.39 is 0 Å². The van der Waals surface area contributed by atoms with Gasteiger partial charge in [-0.1, -0.05) is 176 Å². The molecule has 0 amide bonds. The molecule has 0 atom stereocenters. The maximum Gasteiger partial charge on any atom is 0.160 e. The molecule has 0 aliphatic carbocycles.